The van der Waals surface area contributed by atoms with E-state index in [1.807, 2.05) is 0 Å². The Morgan fingerprint density at radius 2 is 1.85 bits per heavy atom. The smallest absolute Gasteiger partial charge is 0.364 e. The van der Waals surface area contributed by atoms with Gasteiger partial charge in [-0.3, -0.25) is 19.3 Å². The number of aromatic nitrogens is 3. The van der Waals surface area contributed by atoms with Gasteiger partial charge in [-0.2, -0.15) is 31.4 Å². The predicted molar refractivity (Wildman–Crippen MR) is 104 cm³/mol. The van der Waals surface area contributed by atoms with Crippen molar-refractivity contribution in [3.05, 3.63) is 41.0 Å². The molecule has 14 heteroatoms. The van der Waals surface area contributed by atoms with Gasteiger partial charge < -0.3 is 15.8 Å². The van der Waals surface area contributed by atoms with Crippen molar-refractivity contribution in [3.8, 4) is 0 Å². The highest BCUT2D eigenvalue weighted by Gasteiger charge is 2.48. The number of amides is 2. The van der Waals surface area contributed by atoms with E-state index in [-0.39, 0.29) is 29.9 Å². The number of alkyl halides is 6. The molecular weight excluding hydrogens is 472 g/mol. The zero-order valence-corrected chi connectivity index (χ0v) is 17.4. The van der Waals surface area contributed by atoms with Crippen LogP contribution in [0, 0.1) is 0 Å². The van der Waals surface area contributed by atoms with Crippen molar-refractivity contribution in [2.45, 2.75) is 62.7 Å². The first-order valence-electron chi connectivity index (χ1n) is 10.3. The topological polar surface area (TPSA) is 112 Å². The van der Waals surface area contributed by atoms with Crippen LogP contribution in [0.2, 0.25) is 0 Å². The molecule has 1 aliphatic carbocycles. The Morgan fingerprint density at radius 1 is 1.15 bits per heavy atom. The number of ether oxygens (including phenoxy) is 1. The Labute approximate surface area is 188 Å². The van der Waals surface area contributed by atoms with E-state index in [1.165, 1.54) is 6.07 Å². The van der Waals surface area contributed by atoms with E-state index in [9.17, 15) is 35.9 Å². The van der Waals surface area contributed by atoms with Crippen LogP contribution in [0.5, 0.6) is 0 Å². The number of nitrogens with two attached hydrogens (primary N) is 1. The van der Waals surface area contributed by atoms with Crippen LogP contribution in [0.15, 0.2) is 18.3 Å². The monoisotopic (exact) mass is 491 g/mol. The van der Waals surface area contributed by atoms with E-state index in [2.05, 4.69) is 15.4 Å². The molecule has 0 bridgehead atoms. The number of anilines is 1. The summed E-state index contributed by atoms with van der Waals surface area (Å²) in [4.78, 5) is 28.0. The average molecular weight is 491 g/mol. The van der Waals surface area contributed by atoms with E-state index in [4.69, 9.17) is 10.5 Å². The number of rotatable bonds is 6. The van der Waals surface area contributed by atoms with Crippen LogP contribution in [0.3, 0.4) is 0 Å². The fraction of sp³-hybridized carbons (Fsp3) is 0.500. The molecule has 4 rings (SSSR count). The molecule has 0 aromatic carbocycles. The molecule has 3 heterocycles. The van der Waals surface area contributed by atoms with Crippen LogP contribution in [-0.4, -0.2) is 45.0 Å². The number of nitrogens with zero attached hydrogens (tertiary/aromatic N) is 3. The molecular formula is C20H19F6N5O3. The molecule has 8 nitrogen and oxygen atoms in total. The third-order valence-corrected chi connectivity index (χ3v) is 5.56. The van der Waals surface area contributed by atoms with Crippen molar-refractivity contribution in [1.29, 1.82) is 0 Å². The lowest BCUT2D eigenvalue weighted by Crippen LogP contribution is -2.30. The van der Waals surface area contributed by atoms with Gasteiger partial charge in [-0.05, 0) is 37.8 Å². The number of carbonyl (C=O) groups is 2. The van der Waals surface area contributed by atoms with Gasteiger partial charge in [0.15, 0.2) is 6.10 Å². The fourth-order valence-corrected chi connectivity index (χ4v) is 3.87. The van der Waals surface area contributed by atoms with E-state index in [0.717, 1.165) is 16.9 Å². The Morgan fingerprint density at radius 3 is 2.41 bits per heavy atom. The third-order valence-electron chi connectivity index (χ3n) is 5.56. The zero-order valence-electron chi connectivity index (χ0n) is 17.4. The van der Waals surface area contributed by atoms with E-state index < -0.39 is 60.1 Å². The minimum absolute atomic E-state index is 0.0445. The minimum Gasteiger partial charge on any atom is -0.364 e. The number of halogens is 6. The number of hydrogen-bond acceptors (Lipinski definition) is 5. The van der Waals surface area contributed by atoms with E-state index in [0.29, 0.717) is 12.8 Å². The van der Waals surface area contributed by atoms with Gasteiger partial charge in [0.2, 0.25) is 0 Å². The fourth-order valence-electron chi connectivity index (χ4n) is 3.87. The quantitative estimate of drug-likeness (QED) is 0.600. The maximum absolute atomic E-state index is 14.0. The van der Waals surface area contributed by atoms with Gasteiger partial charge in [0, 0.05) is 17.8 Å². The Balaban J connectivity index is 1.69. The number of carbonyl (C=O) groups excluding carboxylic acids is 2. The second-order valence-corrected chi connectivity index (χ2v) is 8.18. The van der Waals surface area contributed by atoms with Gasteiger partial charge >= 0.3 is 12.4 Å². The third kappa shape index (κ3) is 5.00. The van der Waals surface area contributed by atoms with Crippen LogP contribution in [0.25, 0.3) is 0 Å². The molecule has 34 heavy (non-hydrogen) atoms. The van der Waals surface area contributed by atoms with Crippen molar-refractivity contribution in [2.24, 2.45) is 5.73 Å². The molecule has 0 radical (unpaired) electrons. The Bertz CT molecular complexity index is 1110. The zero-order chi connectivity index (χ0) is 24.8. The largest absolute Gasteiger partial charge is 0.420 e. The SMILES string of the molecule is NC(=O)c1cc(NC(=O)c2c(C(F)(F)F)c(C3CC3)nn2C[C@@H]2CC[C@H](C(F)(F)F)O2)ccn1. The lowest BCUT2D eigenvalue weighted by Gasteiger charge is -2.17. The number of pyridine rings is 1. The second-order valence-electron chi connectivity index (χ2n) is 8.18. The summed E-state index contributed by atoms with van der Waals surface area (Å²) >= 11 is 0. The molecule has 2 aliphatic rings. The molecule has 0 unspecified atom stereocenters. The number of primary amides is 1. The van der Waals surface area contributed by atoms with Gasteiger partial charge in [0.25, 0.3) is 11.8 Å². The molecule has 0 spiro atoms. The number of nitrogens with one attached hydrogen (secondary N) is 1. The predicted octanol–water partition coefficient (Wildman–Crippen LogP) is 3.64. The first kappa shape index (κ1) is 24.0. The molecule has 2 fully saturated rings. The van der Waals surface area contributed by atoms with Crippen LogP contribution in [0.1, 0.15) is 63.8 Å². The molecule has 2 aromatic rings. The molecule has 1 saturated carbocycles. The summed E-state index contributed by atoms with van der Waals surface area (Å²) < 4.78 is 86.7. The summed E-state index contributed by atoms with van der Waals surface area (Å²) in [5.41, 5.74) is 2.47. The first-order valence-corrected chi connectivity index (χ1v) is 10.3. The van der Waals surface area contributed by atoms with Crippen molar-refractivity contribution in [2.75, 3.05) is 5.32 Å². The average Bonchev–Trinajstić information content (AvgIpc) is 3.32. The van der Waals surface area contributed by atoms with Gasteiger partial charge in [-0.25, -0.2) is 0 Å². The molecule has 1 aliphatic heterocycles. The van der Waals surface area contributed by atoms with Gasteiger partial charge in [0.05, 0.1) is 18.3 Å². The maximum atomic E-state index is 14.0. The van der Waals surface area contributed by atoms with Gasteiger partial charge in [-0.15, -0.1) is 0 Å². The highest BCUT2D eigenvalue weighted by atomic mass is 19.4. The molecule has 1 saturated heterocycles. The highest BCUT2D eigenvalue weighted by Crippen LogP contribution is 2.47. The lowest BCUT2D eigenvalue weighted by atomic mass is 10.1. The van der Waals surface area contributed by atoms with Crippen molar-refractivity contribution in [3.63, 3.8) is 0 Å². The van der Waals surface area contributed by atoms with Crippen molar-refractivity contribution >= 4 is 17.5 Å². The Hall–Kier alpha value is -3.16. The van der Waals surface area contributed by atoms with Crippen LogP contribution < -0.4 is 11.1 Å². The van der Waals surface area contributed by atoms with Crippen LogP contribution >= 0.6 is 0 Å². The maximum Gasteiger partial charge on any atom is 0.420 e. The summed E-state index contributed by atoms with van der Waals surface area (Å²) in [5.74, 6) is -2.61. The normalized spacial score (nSPS) is 21.0. The lowest BCUT2D eigenvalue weighted by molar-refractivity contribution is -0.215. The summed E-state index contributed by atoms with van der Waals surface area (Å²) in [6.45, 7) is -0.464. The molecule has 2 aromatic heterocycles. The van der Waals surface area contributed by atoms with Crippen molar-refractivity contribution in [1.82, 2.24) is 14.8 Å². The Kier molecular flexibility index (Phi) is 6.04. The highest BCUT2D eigenvalue weighted by molar-refractivity contribution is 6.05. The summed E-state index contributed by atoms with van der Waals surface area (Å²) in [6.07, 6.45) is -11.0. The van der Waals surface area contributed by atoms with Crippen LogP contribution in [0.4, 0.5) is 32.0 Å². The van der Waals surface area contributed by atoms with Crippen LogP contribution in [-0.2, 0) is 17.5 Å². The second kappa shape index (κ2) is 8.56. The molecule has 2 amide bonds. The standard InChI is InChI=1S/C20H19F6N5O3/c21-19(22,23)13-4-3-11(34-13)8-31-16(14(20(24,25)26)15(30-31)9-1-2-9)18(33)29-10-5-6-28-12(7-10)17(27)32/h5-7,9,11,13H,1-4,8H2,(H2,27,32)(H,28,29,33)/t11-,13+/m0/s1. The minimum atomic E-state index is -4.94. The van der Waals surface area contributed by atoms with Crippen molar-refractivity contribution < 1.29 is 40.7 Å². The molecule has 2 atom stereocenters. The summed E-state index contributed by atoms with van der Waals surface area (Å²) in [7, 11) is 0. The molecule has 3 N–H and O–H groups in total. The first-order chi connectivity index (χ1) is 15.8. The molecule has 184 valence electrons. The van der Waals surface area contributed by atoms with Gasteiger partial charge in [-0.1, -0.05) is 0 Å². The number of hydrogen-bond donors (Lipinski definition) is 2. The van der Waals surface area contributed by atoms with E-state index in [1.54, 1.807) is 0 Å². The summed E-state index contributed by atoms with van der Waals surface area (Å²) in [5, 5.41) is 6.25. The summed E-state index contributed by atoms with van der Waals surface area (Å²) in [6, 6.07) is 2.33. The van der Waals surface area contributed by atoms with Gasteiger partial charge in [0.1, 0.15) is 17.0 Å². The van der Waals surface area contributed by atoms with E-state index >= 15 is 0 Å².